The Balaban J connectivity index is -0.0000000313. The average Bonchev–Trinajstić information content (AvgIpc) is 1.87. The van der Waals surface area contributed by atoms with E-state index in [0.29, 0.717) is 60.4 Å². The van der Waals surface area contributed by atoms with Crippen LogP contribution in [0.25, 0.3) is 53.2 Å². The minimum Gasteiger partial charge on any atom is -0.676 e. The summed E-state index contributed by atoms with van der Waals surface area (Å²) in [4.78, 5) is 0. The molecule has 0 amide bonds. The monoisotopic (exact) mass is 2140 g/mol. The summed E-state index contributed by atoms with van der Waals surface area (Å²) < 4.78 is 0. The van der Waals surface area contributed by atoms with Crippen LogP contribution in [0.1, 0.15) is 434 Å². The van der Waals surface area contributed by atoms with Crippen LogP contribution in [0.4, 0.5) is 0 Å². The predicted molar refractivity (Wildman–Crippen MR) is 494 cm³/mol. The third-order valence-electron chi connectivity index (χ3n) is 12.5. The van der Waals surface area contributed by atoms with Gasteiger partial charge in [0, 0.05) is 178 Å². The average molecular weight is 2140 g/mol. The van der Waals surface area contributed by atoms with E-state index in [2.05, 4.69) is 268 Å². The number of nitrogens with zero attached hydrogens (tertiary/aromatic N) is 10. The Morgan fingerprint density at radius 3 is 0.283 bits per heavy atom. The Kier molecular flexibility index (Phi) is 249. The van der Waals surface area contributed by atoms with Crippen molar-refractivity contribution < 1.29 is 178 Å². The van der Waals surface area contributed by atoms with E-state index in [9.17, 15) is 0 Å². The molecule has 0 spiro atoms. The second-order valence-electron chi connectivity index (χ2n) is 28.6. The molecule has 0 aromatic carbocycles. The zero-order valence-corrected chi connectivity index (χ0v) is 101. The first-order chi connectivity index (χ1) is 42.8. The molecule has 5 rings (SSSR count). The maximum Gasteiger partial charge on any atom is 0 e. The SMILES string of the molecule is C1CCCC1.C1CCCC1.C1CCCC1.C1CCCC1.C1CCCC1.CC.CC(C)C.CC(C)[N-]C(C)[N-]C(C)C.CCC.CCC.CCC([N-]C(C)C)[N-]C(C)C.CCC([N-]C(C)C)[N-]C(C)C.CCC([N-]C(C)C)[N-]C(C)C.CCC([N-]C(C)C)[N-]C(C)C.[CH3-].[CH3-].[CH3-].[CH3-].[CH3-].[CH3-].[CH3-].[CH3-].[CH3-].[CH3-].[La].[La].[La].[La].[La]. The van der Waals surface area contributed by atoms with Crippen LogP contribution in [0.2, 0.25) is 0 Å². The second-order valence-corrected chi connectivity index (χ2v) is 28.6. The minimum absolute atomic E-state index is 0. The Bertz CT molecular complexity index is 940. The van der Waals surface area contributed by atoms with Crippen LogP contribution in [0.5, 0.6) is 0 Å². The summed E-state index contributed by atoms with van der Waals surface area (Å²) >= 11 is 0. The van der Waals surface area contributed by atoms with E-state index in [1.807, 2.05) is 20.8 Å². The molecule has 0 aliphatic heterocycles. The third kappa shape index (κ3) is 209. The van der Waals surface area contributed by atoms with Crippen LogP contribution in [0.15, 0.2) is 0 Å². The van der Waals surface area contributed by atoms with Crippen LogP contribution < -0.4 is 0 Å². The van der Waals surface area contributed by atoms with Gasteiger partial charge >= 0.3 is 0 Å². The van der Waals surface area contributed by atoms with Crippen LogP contribution in [-0.2, 0) is 0 Å². The minimum atomic E-state index is 0. The maximum atomic E-state index is 4.47. The smallest absolute Gasteiger partial charge is 0 e. The number of hydrogen-bond acceptors (Lipinski definition) is 0. The normalized spacial score (nSPS) is 12.5. The van der Waals surface area contributed by atoms with Gasteiger partial charge in [-0.3, -0.25) is 0 Å². The molecule has 659 valence electrons. The van der Waals surface area contributed by atoms with Gasteiger partial charge in [-0.05, 0) is 5.92 Å². The summed E-state index contributed by atoms with van der Waals surface area (Å²) in [5.41, 5.74) is 0. The van der Waals surface area contributed by atoms with Crippen molar-refractivity contribution >= 4 is 0 Å². The van der Waals surface area contributed by atoms with E-state index in [0.717, 1.165) is 31.6 Å². The van der Waals surface area contributed by atoms with Gasteiger partial charge < -0.3 is 127 Å². The van der Waals surface area contributed by atoms with Crippen molar-refractivity contribution in [1.82, 2.24) is 0 Å². The van der Waals surface area contributed by atoms with E-state index in [-0.39, 0.29) is 283 Å². The van der Waals surface area contributed by atoms with E-state index in [1.165, 1.54) is 173 Å². The molecule has 0 unspecified atom stereocenters. The standard InChI is InChI=1S/4C9H20N2.C8H18N2.5C5H10.C4H10.2C3H8.C2H6.10CH3.5La/c4*1-6-9(10-7(2)3)11-8(4)5;1-6(2)9-8(5)10-7(3)4;5*1-2-4-5-3-1;1-4(2)3;2*1-3-2;1-2;;;;;;;;;;;;;;;/h4*7-9H,6H2,1-5H3;6-8H,1-5H3;5*1-5H2;4H,1-3H3;2*3H2,1-2H3;1-2H3;10*1H3;;;;;/q5*-2;;;;;;;;;;10*-1;;;;;. The third-order valence-corrected chi connectivity index (χ3v) is 12.5. The summed E-state index contributed by atoms with van der Waals surface area (Å²) in [5.74, 6) is 0.833. The summed E-state index contributed by atoms with van der Waals surface area (Å²) in [7, 11) is 0. The fourth-order valence-corrected chi connectivity index (χ4v) is 9.07. The summed E-state index contributed by atoms with van der Waals surface area (Å²) in [6, 6.07) is 4.04. The van der Waals surface area contributed by atoms with Crippen LogP contribution in [-0.4, -0.2) is 91.2 Å². The van der Waals surface area contributed by atoms with Gasteiger partial charge in [0.1, 0.15) is 0 Å². The van der Waals surface area contributed by atoms with Crippen molar-refractivity contribution in [1.29, 1.82) is 0 Å². The molecule has 5 radical (unpaired) electrons. The first-order valence-electron chi connectivity index (χ1n) is 39.8. The van der Waals surface area contributed by atoms with E-state index < -0.39 is 0 Å². The molecule has 0 heterocycles. The van der Waals surface area contributed by atoms with Gasteiger partial charge in [0.2, 0.25) is 0 Å². The Hall–Kier alpha value is 5.57. The molecule has 0 bridgehead atoms. The zero-order chi connectivity index (χ0) is 72.2. The molecular weight excluding hydrogens is 1930 g/mol. The van der Waals surface area contributed by atoms with Gasteiger partial charge in [-0.25, -0.2) is 30.8 Å². The van der Waals surface area contributed by atoms with Crippen molar-refractivity contribution in [3.8, 4) is 0 Å². The fourth-order valence-electron chi connectivity index (χ4n) is 9.07. The molecule has 5 saturated carbocycles. The second kappa shape index (κ2) is 148. The Morgan fingerprint density at radius 1 is 0.170 bits per heavy atom. The Labute approximate surface area is 826 Å². The molecule has 0 N–H and O–H groups in total. The maximum absolute atomic E-state index is 4.47. The molecule has 0 aromatic rings. The van der Waals surface area contributed by atoms with E-state index >= 15 is 0 Å². The first-order valence-corrected chi connectivity index (χ1v) is 39.8. The number of hydrogen-bond donors (Lipinski definition) is 0. The molecule has 5 fully saturated rings. The molecule has 0 aromatic heterocycles. The Morgan fingerprint density at radius 2 is 0.236 bits per heavy atom. The molecule has 0 saturated heterocycles. The van der Waals surface area contributed by atoms with Crippen LogP contribution in [0.3, 0.4) is 0 Å². The quantitative estimate of drug-likeness (QED) is 0.0849. The topological polar surface area (TPSA) is 141 Å². The van der Waals surface area contributed by atoms with Crippen molar-refractivity contribution in [2.24, 2.45) is 5.92 Å². The summed E-state index contributed by atoms with van der Waals surface area (Å²) in [5, 5.41) is 44.5. The van der Waals surface area contributed by atoms with Gasteiger partial charge in [0.05, 0.1) is 0 Å². The van der Waals surface area contributed by atoms with Gasteiger partial charge in [0.15, 0.2) is 0 Å². The fraction of sp³-hybridized carbons (Fsp3) is 0.890. The van der Waals surface area contributed by atoms with Crippen molar-refractivity contribution in [2.75, 3.05) is 0 Å². The molecule has 0 atom stereocenters. The number of rotatable bonds is 24. The van der Waals surface area contributed by atoms with E-state index in [4.69, 9.17) is 0 Å². The van der Waals surface area contributed by atoms with E-state index in [1.54, 1.807) is 0 Å². The van der Waals surface area contributed by atoms with Crippen LogP contribution >= 0.6 is 0 Å². The summed E-state index contributed by atoms with van der Waals surface area (Å²) in [6.45, 7) is 71.4. The predicted octanol–water partition coefficient (Wildman–Crippen LogP) is 35.8. The van der Waals surface area contributed by atoms with Gasteiger partial charge in [-0.15, -0.1) is 67.3 Å². The molecule has 15 heteroatoms. The van der Waals surface area contributed by atoms with Gasteiger partial charge in [-0.1, -0.05) is 428 Å². The van der Waals surface area contributed by atoms with Crippen molar-refractivity contribution in [2.45, 2.75) is 526 Å². The molecule has 10 nitrogen and oxygen atoms in total. The molecule has 106 heavy (non-hydrogen) atoms. The summed E-state index contributed by atoms with van der Waals surface area (Å²) in [6.07, 6.45) is 45.1. The first kappa shape index (κ1) is 178. The van der Waals surface area contributed by atoms with Crippen molar-refractivity contribution in [3.63, 3.8) is 0 Å². The van der Waals surface area contributed by atoms with Gasteiger partial charge in [0.25, 0.3) is 0 Å². The zero-order valence-electron chi connectivity index (χ0n) is 82.5. The van der Waals surface area contributed by atoms with Crippen LogP contribution in [0, 0.1) is 258 Å². The molecular formula is C91H210La5N10-20. The van der Waals surface area contributed by atoms with Crippen molar-refractivity contribution in [3.05, 3.63) is 127 Å². The molecule has 5 aliphatic rings. The molecule has 5 aliphatic carbocycles. The van der Waals surface area contributed by atoms with Gasteiger partial charge in [-0.2, -0.15) is 0 Å². The largest absolute Gasteiger partial charge is 0.676 e.